The van der Waals surface area contributed by atoms with Gasteiger partial charge < -0.3 is 4.74 Å². The largest absolute Gasteiger partial charge is 0.495 e. The summed E-state index contributed by atoms with van der Waals surface area (Å²) in [5, 5.41) is 8.97. The van der Waals surface area contributed by atoms with Gasteiger partial charge in [-0.3, -0.25) is 9.36 Å². The third-order valence-corrected chi connectivity index (χ3v) is 4.77. The molecule has 0 saturated heterocycles. The molecule has 25 heavy (non-hydrogen) atoms. The molecular formula is C19H19N3O2S. The molecule has 0 aliphatic carbocycles. The SMILES string of the molecule is COc1ccccc1-n1cnnc1SCCCC(=O)c1ccccc1. The second kappa shape index (κ2) is 8.48. The number of thioether (sulfide) groups is 1. The highest BCUT2D eigenvalue weighted by atomic mass is 32.2. The van der Waals surface area contributed by atoms with Gasteiger partial charge in [0, 0.05) is 17.7 Å². The number of carbonyl (C=O) groups excluding carboxylic acids is 1. The molecule has 3 rings (SSSR count). The molecule has 0 N–H and O–H groups in total. The van der Waals surface area contributed by atoms with E-state index in [-0.39, 0.29) is 5.78 Å². The number of ether oxygens (including phenoxy) is 1. The van der Waals surface area contributed by atoms with Gasteiger partial charge in [-0.05, 0) is 18.6 Å². The summed E-state index contributed by atoms with van der Waals surface area (Å²) in [5.41, 5.74) is 1.67. The maximum absolute atomic E-state index is 12.1. The van der Waals surface area contributed by atoms with Gasteiger partial charge in [0.15, 0.2) is 10.9 Å². The maximum Gasteiger partial charge on any atom is 0.195 e. The average molecular weight is 353 g/mol. The monoisotopic (exact) mass is 353 g/mol. The molecular weight excluding hydrogens is 334 g/mol. The van der Waals surface area contributed by atoms with E-state index in [9.17, 15) is 4.79 Å². The Morgan fingerprint density at radius 2 is 1.88 bits per heavy atom. The van der Waals surface area contributed by atoms with E-state index in [2.05, 4.69) is 10.2 Å². The molecule has 0 fully saturated rings. The van der Waals surface area contributed by atoms with Crippen molar-refractivity contribution >= 4 is 17.5 Å². The molecule has 0 aliphatic rings. The third kappa shape index (κ3) is 4.28. The van der Waals surface area contributed by atoms with Crippen LogP contribution in [0, 0.1) is 0 Å². The van der Waals surface area contributed by atoms with Crippen molar-refractivity contribution in [1.82, 2.24) is 14.8 Å². The smallest absolute Gasteiger partial charge is 0.195 e. The summed E-state index contributed by atoms with van der Waals surface area (Å²) in [4.78, 5) is 12.1. The van der Waals surface area contributed by atoms with E-state index < -0.39 is 0 Å². The Morgan fingerprint density at radius 3 is 2.68 bits per heavy atom. The lowest BCUT2D eigenvalue weighted by atomic mass is 10.1. The summed E-state index contributed by atoms with van der Waals surface area (Å²) in [6, 6.07) is 17.1. The van der Waals surface area contributed by atoms with Crippen molar-refractivity contribution in [1.29, 1.82) is 0 Å². The highest BCUT2D eigenvalue weighted by molar-refractivity contribution is 7.99. The van der Waals surface area contributed by atoms with Crippen LogP contribution in [0.4, 0.5) is 0 Å². The minimum absolute atomic E-state index is 0.174. The number of hydrogen-bond donors (Lipinski definition) is 0. The quantitative estimate of drug-likeness (QED) is 0.348. The summed E-state index contributed by atoms with van der Waals surface area (Å²) in [6.07, 6.45) is 2.99. The van der Waals surface area contributed by atoms with E-state index in [0.29, 0.717) is 6.42 Å². The predicted molar refractivity (Wildman–Crippen MR) is 98.6 cm³/mol. The first kappa shape index (κ1) is 17.2. The summed E-state index contributed by atoms with van der Waals surface area (Å²) >= 11 is 1.59. The fraction of sp³-hybridized carbons (Fsp3) is 0.211. The molecule has 0 atom stereocenters. The molecule has 1 aromatic heterocycles. The van der Waals surface area contributed by atoms with Crippen molar-refractivity contribution in [3.8, 4) is 11.4 Å². The van der Waals surface area contributed by atoms with Crippen LogP contribution in [0.5, 0.6) is 5.75 Å². The van der Waals surface area contributed by atoms with E-state index in [4.69, 9.17) is 4.74 Å². The number of hydrogen-bond acceptors (Lipinski definition) is 5. The molecule has 0 saturated carbocycles. The van der Waals surface area contributed by atoms with Crippen LogP contribution >= 0.6 is 11.8 Å². The topological polar surface area (TPSA) is 57.0 Å². The third-order valence-electron chi connectivity index (χ3n) is 3.74. The lowest BCUT2D eigenvalue weighted by Gasteiger charge is -2.10. The minimum atomic E-state index is 0.174. The molecule has 3 aromatic rings. The molecule has 0 unspecified atom stereocenters. The second-order valence-electron chi connectivity index (χ2n) is 5.40. The van der Waals surface area contributed by atoms with Crippen molar-refractivity contribution in [2.24, 2.45) is 0 Å². The van der Waals surface area contributed by atoms with Gasteiger partial charge in [-0.25, -0.2) is 0 Å². The van der Waals surface area contributed by atoms with Crippen molar-refractivity contribution in [2.75, 3.05) is 12.9 Å². The number of para-hydroxylation sites is 2. The van der Waals surface area contributed by atoms with E-state index >= 15 is 0 Å². The van der Waals surface area contributed by atoms with Crippen LogP contribution in [0.2, 0.25) is 0 Å². The molecule has 0 bridgehead atoms. The lowest BCUT2D eigenvalue weighted by molar-refractivity contribution is 0.0982. The van der Waals surface area contributed by atoms with Gasteiger partial charge in [-0.1, -0.05) is 54.2 Å². The normalized spacial score (nSPS) is 10.6. The van der Waals surface area contributed by atoms with E-state index in [1.54, 1.807) is 25.2 Å². The zero-order valence-corrected chi connectivity index (χ0v) is 14.8. The fourth-order valence-electron chi connectivity index (χ4n) is 2.48. The number of Topliss-reactive ketones (excluding diaryl/α,β-unsaturated/α-hetero) is 1. The Bertz CT molecular complexity index is 833. The zero-order valence-electron chi connectivity index (χ0n) is 14.0. The van der Waals surface area contributed by atoms with Crippen molar-refractivity contribution in [3.63, 3.8) is 0 Å². The first-order valence-electron chi connectivity index (χ1n) is 8.04. The first-order valence-corrected chi connectivity index (χ1v) is 9.02. The number of nitrogens with zero attached hydrogens (tertiary/aromatic N) is 3. The van der Waals surface area contributed by atoms with Gasteiger partial charge in [0.1, 0.15) is 12.1 Å². The molecule has 6 heteroatoms. The highest BCUT2D eigenvalue weighted by Gasteiger charge is 2.11. The predicted octanol–water partition coefficient (Wildman–Crippen LogP) is 4.03. The van der Waals surface area contributed by atoms with Gasteiger partial charge in [0.05, 0.1) is 12.8 Å². The summed E-state index contributed by atoms with van der Waals surface area (Å²) in [6.45, 7) is 0. The standard InChI is InChI=1S/C19H19N3O2S/c1-24-18-12-6-5-10-16(18)22-14-20-21-19(22)25-13-7-11-17(23)15-8-3-2-4-9-15/h2-6,8-10,12,14H,7,11,13H2,1H3. The van der Waals surface area contributed by atoms with Gasteiger partial charge in [-0.2, -0.15) is 0 Å². The number of rotatable bonds is 8. The molecule has 0 spiro atoms. The summed E-state index contributed by atoms with van der Waals surface area (Å²) in [5.74, 6) is 1.74. The highest BCUT2D eigenvalue weighted by Crippen LogP contribution is 2.27. The van der Waals surface area contributed by atoms with Gasteiger partial charge >= 0.3 is 0 Å². The van der Waals surface area contributed by atoms with Gasteiger partial charge in [-0.15, -0.1) is 10.2 Å². The molecule has 1 heterocycles. The Balaban J connectivity index is 1.58. The first-order chi connectivity index (χ1) is 12.3. The van der Waals surface area contributed by atoms with Crippen LogP contribution in [0.15, 0.2) is 66.1 Å². The number of aromatic nitrogens is 3. The van der Waals surface area contributed by atoms with E-state index in [1.165, 1.54) is 0 Å². The number of ketones is 1. The van der Waals surface area contributed by atoms with Gasteiger partial charge in [0.25, 0.3) is 0 Å². The number of methoxy groups -OCH3 is 1. The van der Waals surface area contributed by atoms with Crippen LogP contribution in [0.1, 0.15) is 23.2 Å². The van der Waals surface area contributed by atoms with E-state index in [0.717, 1.165) is 34.3 Å². The van der Waals surface area contributed by atoms with Crippen molar-refractivity contribution < 1.29 is 9.53 Å². The molecule has 128 valence electrons. The Hall–Kier alpha value is -2.60. The molecule has 0 aliphatic heterocycles. The Morgan fingerprint density at radius 1 is 1.12 bits per heavy atom. The summed E-state index contributed by atoms with van der Waals surface area (Å²) < 4.78 is 7.31. The number of carbonyl (C=O) groups is 1. The lowest BCUT2D eigenvalue weighted by Crippen LogP contribution is -2.01. The molecule has 5 nitrogen and oxygen atoms in total. The minimum Gasteiger partial charge on any atom is -0.495 e. The molecule has 0 amide bonds. The average Bonchev–Trinajstić information content (AvgIpc) is 3.14. The van der Waals surface area contributed by atoms with E-state index in [1.807, 2.05) is 59.2 Å². The molecule has 2 aromatic carbocycles. The van der Waals surface area contributed by atoms with Crippen LogP contribution in [0.25, 0.3) is 5.69 Å². The van der Waals surface area contributed by atoms with Crippen LogP contribution in [-0.2, 0) is 0 Å². The second-order valence-corrected chi connectivity index (χ2v) is 6.46. The van der Waals surface area contributed by atoms with Crippen LogP contribution in [-0.4, -0.2) is 33.4 Å². The Labute approximate surface area is 151 Å². The fourth-order valence-corrected chi connectivity index (χ4v) is 3.34. The van der Waals surface area contributed by atoms with Gasteiger partial charge in [0.2, 0.25) is 0 Å². The number of benzene rings is 2. The zero-order chi connectivity index (χ0) is 17.5. The summed E-state index contributed by atoms with van der Waals surface area (Å²) in [7, 11) is 1.64. The molecule has 0 radical (unpaired) electrons. The van der Waals surface area contributed by atoms with Crippen LogP contribution < -0.4 is 4.74 Å². The van der Waals surface area contributed by atoms with Crippen LogP contribution in [0.3, 0.4) is 0 Å². The van der Waals surface area contributed by atoms with Crippen molar-refractivity contribution in [2.45, 2.75) is 18.0 Å². The maximum atomic E-state index is 12.1. The van der Waals surface area contributed by atoms with Crippen molar-refractivity contribution in [3.05, 3.63) is 66.5 Å². The Kier molecular flexibility index (Phi) is 5.85.